The van der Waals surface area contributed by atoms with E-state index in [4.69, 9.17) is 10.5 Å². The van der Waals surface area contributed by atoms with Crippen LogP contribution in [-0.2, 0) is 11.2 Å². The third kappa shape index (κ3) is 4.17. The molecular formula is C17H27FN2O. The first-order valence-corrected chi connectivity index (χ1v) is 7.77. The van der Waals surface area contributed by atoms with Gasteiger partial charge in [-0.15, -0.1) is 0 Å². The highest BCUT2D eigenvalue weighted by molar-refractivity contribution is 5.55. The average molecular weight is 294 g/mol. The van der Waals surface area contributed by atoms with Gasteiger partial charge in [-0.3, -0.25) is 0 Å². The number of ether oxygens (including phenoxy) is 1. The third-order valence-electron chi connectivity index (χ3n) is 3.96. The van der Waals surface area contributed by atoms with Crippen molar-refractivity contribution in [3.8, 4) is 0 Å². The molecule has 0 bridgehead atoms. The molecule has 2 atom stereocenters. The number of anilines is 1. The Bertz CT molecular complexity index is 490. The maximum atomic E-state index is 13.6. The Morgan fingerprint density at radius 3 is 2.81 bits per heavy atom. The normalized spacial score (nSPS) is 23.1. The lowest BCUT2D eigenvalue weighted by Gasteiger charge is -2.43. The van der Waals surface area contributed by atoms with E-state index in [-0.39, 0.29) is 23.6 Å². The second-order valence-corrected chi connectivity index (χ2v) is 6.71. The highest BCUT2D eigenvalue weighted by Crippen LogP contribution is 2.29. The highest BCUT2D eigenvalue weighted by atomic mass is 19.1. The van der Waals surface area contributed by atoms with Gasteiger partial charge < -0.3 is 15.4 Å². The molecule has 118 valence electrons. The number of morpholine rings is 1. The summed E-state index contributed by atoms with van der Waals surface area (Å²) in [5, 5.41) is 0. The Morgan fingerprint density at radius 2 is 2.19 bits per heavy atom. The van der Waals surface area contributed by atoms with Crippen LogP contribution in [0.5, 0.6) is 0 Å². The molecule has 1 aliphatic heterocycles. The molecule has 2 N–H and O–H groups in total. The monoisotopic (exact) mass is 294 g/mol. The molecule has 0 aromatic heterocycles. The number of hydrogen-bond acceptors (Lipinski definition) is 3. The molecular weight excluding hydrogens is 267 g/mol. The largest absolute Gasteiger partial charge is 0.369 e. The van der Waals surface area contributed by atoms with Crippen molar-refractivity contribution in [2.75, 3.05) is 18.0 Å². The van der Waals surface area contributed by atoms with Gasteiger partial charge in [0.15, 0.2) is 0 Å². The fourth-order valence-corrected chi connectivity index (χ4v) is 3.09. The van der Waals surface area contributed by atoms with E-state index >= 15 is 0 Å². The molecule has 3 nitrogen and oxygen atoms in total. The van der Waals surface area contributed by atoms with E-state index in [1.165, 1.54) is 6.07 Å². The van der Waals surface area contributed by atoms with E-state index in [2.05, 4.69) is 32.6 Å². The van der Waals surface area contributed by atoms with Crippen LogP contribution in [0.1, 0.15) is 39.7 Å². The zero-order valence-corrected chi connectivity index (χ0v) is 13.5. The molecule has 1 aromatic carbocycles. The predicted molar refractivity (Wildman–Crippen MR) is 85.2 cm³/mol. The Labute approximate surface area is 127 Å². The fourth-order valence-electron chi connectivity index (χ4n) is 3.09. The second-order valence-electron chi connectivity index (χ2n) is 6.71. The first-order chi connectivity index (χ1) is 9.80. The van der Waals surface area contributed by atoms with Crippen LogP contribution in [0.4, 0.5) is 10.1 Å². The molecule has 0 spiro atoms. The van der Waals surface area contributed by atoms with Crippen LogP contribution >= 0.6 is 0 Å². The van der Waals surface area contributed by atoms with Crippen LogP contribution in [0.3, 0.4) is 0 Å². The minimum atomic E-state index is -0.198. The van der Waals surface area contributed by atoms with Crippen LogP contribution in [0.2, 0.25) is 0 Å². The Hall–Kier alpha value is -1.13. The van der Waals surface area contributed by atoms with Crippen molar-refractivity contribution < 1.29 is 9.13 Å². The molecule has 0 aliphatic carbocycles. The van der Waals surface area contributed by atoms with Crippen molar-refractivity contribution in [2.45, 2.75) is 58.3 Å². The highest BCUT2D eigenvalue weighted by Gasteiger charge is 2.32. The van der Waals surface area contributed by atoms with Crippen molar-refractivity contribution in [3.05, 3.63) is 29.6 Å². The van der Waals surface area contributed by atoms with E-state index in [9.17, 15) is 4.39 Å². The molecule has 0 amide bonds. The summed E-state index contributed by atoms with van der Waals surface area (Å²) in [6, 6.07) is 5.10. The SMILES string of the molecule is CCC(N)Cc1cc(F)ccc1N1CC(C)OC(C)(C)C1. The van der Waals surface area contributed by atoms with Gasteiger partial charge in [-0.05, 0) is 57.4 Å². The summed E-state index contributed by atoms with van der Waals surface area (Å²) in [6.07, 6.45) is 1.75. The smallest absolute Gasteiger partial charge is 0.123 e. The lowest BCUT2D eigenvalue weighted by Crippen LogP contribution is -2.52. The van der Waals surface area contributed by atoms with E-state index in [0.29, 0.717) is 6.42 Å². The molecule has 2 rings (SSSR count). The lowest BCUT2D eigenvalue weighted by molar-refractivity contribution is -0.0750. The quantitative estimate of drug-likeness (QED) is 0.927. The number of rotatable bonds is 4. The van der Waals surface area contributed by atoms with Crippen LogP contribution < -0.4 is 10.6 Å². The van der Waals surface area contributed by atoms with Gasteiger partial charge in [-0.1, -0.05) is 6.92 Å². The van der Waals surface area contributed by atoms with Crippen LogP contribution in [0, 0.1) is 5.82 Å². The molecule has 2 unspecified atom stereocenters. The van der Waals surface area contributed by atoms with Crippen molar-refractivity contribution >= 4 is 5.69 Å². The minimum absolute atomic E-state index is 0.0667. The van der Waals surface area contributed by atoms with Crippen molar-refractivity contribution in [3.63, 3.8) is 0 Å². The van der Waals surface area contributed by atoms with Crippen molar-refractivity contribution in [1.29, 1.82) is 0 Å². The summed E-state index contributed by atoms with van der Waals surface area (Å²) < 4.78 is 19.6. The number of nitrogens with two attached hydrogens (primary N) is 1. The van der Waals surface area contributed by atoms with E-state index in [0.717, 1.165) is 30.8 Å². The number of hydrogen-bond donors (Lipinski definition) is 1. The van der Waals surface area contributed by atoms with Gasteiger partial charge in [0.2, 0.25) is 0 Å². The van der Waals surface area contributed by atoms with Crippen molar-refractivity contribution in [1.82, 2.24) is 0 Å². The first-order valence-electron chi connectivity index (χ1n) is 7.77. The summed E-state index contributed by atoms with van der Waals surface area (Å²) >= 11 is 0. The summed E-state index contributed by atoms with van der Waals surface area (Å²) in [5.41, 5.74) is 7.95. The maximum absolute atomic E-state index is 13.6. The summed E-state index contributed by atoms with van der Waals surface area (Å²) in [6.45, 7) is 9.95. The summed E-state index contributed by atoms with van der Waals surface area (Å²) in [4.78, 5) is 2.30. The molecule has 1 fully saturated rings. The number of nitrogens with zero attached hydrogens (tertiary/aromatic N) is 1. The zero-order valence-electron chi connectivity index (χ0n) is 13.5. The van der Waals surface area contributed by atoms with Gasteiger partial charge >= 0.3 is 0 Å². The standard InChI is InChI=1S/C17H27FN2O/c1-5-15(19)9-13-8-14(18)6-7-16(13)20-10-12(2)21-17(3,4)11-20/h6-8,12,15H,5,9-11,19H2,1-4H3. The predicted octanol–water partition coefficient (Wildman–Crippen LogP) is 3.11. The Morgan fingerprint density at radius 1 is 1.48 bits per heavy atom. The number of benzene rings is 1. The third-order valence-corrected chi connectivity index (χ3v) is 3.96. The summed E-state index contributed by atoms with van der Waals surface area (Å²) in [5.74, 6) is -0.197. The average Bonchev–Trinajstić information content (AvgIpc) is 2.36. The topological polar surface area (TPSA) is 38.5 Å². The molecule has 21 heavy (non-hydrogen) atoms. The van der Waals surface area contributed by atoms with E-state index in [1.54, 1.807) is 6.07 Å². The lowest BCUT2D eigenvalue weighted by atomic mass is 9.99. The van der Waals surface area contributed by atoms with Gasteiger partial charge in [0.25, 0.3) is 0 Å². The molecule has 0 saturated carbocycles. The maximum Gasteiger partial charge on any atom is 0.123 e. The van der Waals surface area contributed by atoms with E-state index in [1.807, 2.05) is 6.07 Å². The molecule has 1 aliphatic rings. The van der Waals surface area contributed by atoms with Gasteiger partial charge in [-0.2, -0.15) is 0 Å². The van der Waals surface area contributed by atoms with Gasteiger partial charge in [0.05, 0.1) is 11.7 Å². The van der Waals surface area contributed by atoms with Crippen LogP contribution in [0.25, 0.3) is 0 Å². The molecule has 1 heterocycles. The first kappa shape index (κ1) is 16.2. The molecule has 1 aromatic rings. The minimum Gasteiger partial charge on any atom is -0.369 e. The van der Waals surface area contributed by atoms with Crippen LogP contribution in [-0.4, -0.2) is 30.8 Å². The molecule has 1 saturated heterocycles. The number of halogens is 1. The van der Waals surface area contributed by atoms with Gasteiger partial charge in [-0.25, -0.2) is 4.39 Å². The van der Waals surface area contributed by atoms with Crippen LogP contribution in [0.15, 0.2) is 18.2 Å². The Kier molecular flexibility index (Phi) is 4.89. The zero-order chi connectivity index (χ0) is 15.6. The van der Waals surface area contributed by atoms with Crippen molar-refractivity contribution in [2.24, 2.45) is 5.73 Å². The van der Waals surface area contributed by atoms with E-state index < -0.39 is 0 Å². The fraction of sp³-hybridized carbons (Fsp3) is 0.647. The second kappa shape index (κ2) is 6.32. The summed E-state index contributed by atoms with van der Waals surface area (Å²) in [7, 11) is 0. The van der Waals surface area contributed by atoms with Gasteiger partial charge in [0.1, 0.15) is 5.82 Å². The molecule has 4 heteroatoms. The molecule has 0 radical (unpaired) electrons. The Balaban J connectivity index is 2.29. The van der Waals surface area contributed by atoms with Gasteiger partial charge in [0, 0.05) is 24.8 Å².